The second kappa shape index (κ2) is 9.02. The molecule has 162 valence electrons. The molecule has 2 atom stereocenters. The molecule has 2 aliphatic rings. The number of ether oxygens (including phenoxy) is 2. The number of benzene rings is 2. The van der Waals surface area contributed by atoms with Crippen LogP contribution in [0.15, 0.2) is 60.2 Å². The van der Waals surface area contributed by atoms with Gasteiger partial charge in [-0.2, -0.15) is 0 Å². The van der Waals surface area contributed by atoms with Crippen molar-refractivity contribution in [3.05, 3.63) is 76.3 Å². The standard InChI is InChI=1S/C24H25ClN2O4/c1-3-30-23(28)26-19-14-15-20(27(26)24(29)31-4-2)22(19)21(16-8-6-5-7-9-16)17-10-12-18(25)13-11-17/h5-13,19-20H,3-4,14-15H2,1-2H3/t19-,20+. The van der Waals surface area contributed by atoms with Gasteiger partial charge in [0.1, 0.15) is 0 Å². The third-order valence-corrected chi connectivity index (χ3v) is 5.90. The molecule has 2 aromatic rings. The molecule has 1 aliphatic heterocycles. The van der Waals surface area contributed by atoms with Gasteiger partial charge >= 0.3 is 12.2 Å². The van der Waals surface area contributed by atoms with Crippen molar-refractivity contribution in [2.45, 2.75) is 38.8 Å². The lowest BCUT2D eigenvalue weighted by Gasteiger charge is -2.35. The van der Waals surface area contributed by atoms with E-state index in [1.807, 2.05) is 54.6 Å². The second-order valence-electron chi connectivity index (χ2n) is 7.40. The summed E-state index contributed by atoms with van der Waals surface area (Å²) in [4.78, 5) is 25.7. The summed E-state index contributed by atoms with van der Waals surface area (Å²) in [6.07, 6.45) is 0.421. The number of carbonyl (C=O) groups is 2. The highest BCUT2D eigenvalue weighted by Crippen LogP contribution is 2.47. The lowest BCUT2D eigenvalue weighted by atomic mass is 9.90. The molecule has 6 nitrogen and oxygen atoms in total. The lowest BCUT2D eigenvalue weighted by molar-refractivity contribution is -0.0378. The predicted octanol–water partition coefficient (Wildman–Crippen LogP) is 5.52. The zero-order valence-electron chi connectivity index (χ0n) is 17.6. The van der Waals surface area contributed by atoms with Crippen molar-refractivity contribution >= 4 is 29.4 Å². The first-order valence-electron chi connectivity index (χ1n) is 10.5. The Hall–Kier alpha value is -2.99. The highest BCUT2D eigenvalue weighted by atomic mass is 35.5. The van der Waals surface area contributed by atoms with Gasteiger partial charge in [-0.15, -0.1) is 0 Å². The van der Waals surface area contributed by atoms with Crippen molar-refractivity contribution in [2.75, 3.05) is 13.2 Å². The number of hydrogen-bond acceptors (Lipinski definition) is 4. The SMILES string of the molecule is CCOC(=O)N1[C@@H]2CC[C@@H](C2=C(c2ccccc2)c2ccc(Cl)cc2)N1C(=O)OCC. The highest BCUT2D eigenvalue weighted by molar-refractivity contribution is 6.30. The molecule has 4 rings (SSSR count). The zero-order chi connectivity index (χ0) is 22.0. The second-order valence-corrected chi connectivity index (χ2v) is 7.84. The van der Waals surface area contributed by atoms with Gasteiger partial charge in [0.05, 0.1) is 25.3 Å². The molecule has 0 spiro atoms. The van der Waals surface area contributed by atoms with Gasteiger partial charge in [-0.1, -0.05) is 54.1 Å². The van der Waals surface area contributed by atoms with Gasteiger partial charge in [-0.25, -0.2) is 19.6 Å². The van der Waals surface area contributed by atoms with E-state index >= 15 is 0 Å². The number of nitrogens with zero attached hydrogens (tertiary/aromatic N) is 2. The molecule has 0 aromatic heterocycles. The number of amides is 2. The number of fused-ring (bicyclic) bond motifs is 2. The van der Waals surface area contributed by atoms with E-state index < -0.39 is 12.2 Å². The maximum absolute atomic E-state index is 12.9. The summed E-state index contributed by atoms with van der Waals surface area (Å²) < 4.78 is 10.6. The van der Waals surface area contributed by atoms with E-state index in [1.165, 1.54) is 10.0 Å². The van der Waals surface area contributed by atoms with E-state index in [4.69, 9.17) is 21.1 Å². The van der Waals surface area contributed by atoms with Crippen molar-refractivity contribution in [3.63, 3.8) is 0 Å². The fourth-order valence-electron chi connectivity index (χ4n) is 4.52. The third-order valence-electron chi connectivity index (χ3n) is 5.65. The molecular formula is C24H25ClN2O4. The first-order chi connectivity index (χ1) is 15.1. The van der Waals surface area contributed by atoms with Crippen LogP contribution in [0.25, 0.3) is 5.57 Å². The molecule has 1 saturated heterocycles. The largest absolute Gasteiger partial charge is 0.448 e. The van der Waals surface area contributed by atoms with Crippen LogP contribution in [0, 0.1) is 0 Å². The minimum atomic E-state index is -0.538. The lowest BCUT2D eigenvalue weighted by Crippen LogP contribution is -2.53. The maximum Gasteiger partial charge on any atom is 0.429 e. The maximum atomic E-state index is 12.9. The Kier molecular flexibility index (Phi) is 6.18. The molecule has 0 unspecified atom stereocenters. The topological polar surface area (TPSA) is 59.1 Å². The van der Waals surface area contributed by atoms with E-state index in [0.29, 0.717) is 5.02 Å². The average molecular weight is 441 g/mol. The smallest absolute Gasteiger partial charge is 0.429 e. The van der Waals surface area contributed by atoms with Crippen LogP contribution in [-0.2, 0) is 9.47 Å². The minimum absolute atomic E-state index is 0.227. The van der Waals surface area contributed by atoms with E-state index in [9.17, 15) is 9.59 Å². The van der Waals surface area contributed by atoms with Gasteiger partial charge in [0.2, 0.25) is 0 Å². The molecule has 2 bridgehead atoms. The average Bonchev–Trinajstić information content (AvgIpc) is 3.32. The third kappa shape index (κ3) is 3.88. The van der Waals surface area contributed by atoms with E-state index in [-0.39, 0.29) is 25.3 Å². The summed E-state index contributed by atoms with van der Waals surface area (Å²) in [6, 6.07) is 17.1. The summed E-state index contributed by atoms with van der Waals surface area (Å²) in [5, 5.41) is 3.52. The normalized spacial score (nSPS) is 21.3. The molecular weight excluding hydrogens is 416 g/mol. The van der Waals surface area contributed by atoms with Crippen LogP contribution in [-0.4, -0.2) is 47.5 Å². The Bertz CT molecular complexity index is 956. The van der Waals surface area contributed by atoms with Gasteiger partial charge in [0, 0.05) is 5.02 Å². The quantitative estimate of drug-likeness (QED) is 0.628. The number of carbonyl (C=O) groups excluding carboxylic acids is 2. The van der Waals surface area contributed by atoms with Crippen molar-refractivity contribution in [1.29, 1.82) is 0 Å². The summed E-state index contributed by atoms with van der Waals surface area (Å²) >= 11 is 6.14. The van der Waals surface area contributed by atoms with Crippen LogP contribution in [0.2, 0.25) is 5.02 Å². The first kappa shape index (κ1) is 21.2. The first-order valence-corrected chi connectivity index (χ1v) is 10.9. The van der Waals surface area contributed by atoms with Gasteiger partial charge in [-0.05, 0) is 61.1 Å². The van der Waals surface area contributed by atoms with Crippen LogP contribution in [0.1, 0.15) is 37.8 Å². The molecule has 1 aliphatic carbocycles. The van der Waals surface area contributed by atoms with Crippen LogP contribution >= 0.6 is 11.6 Å². The van der Waals surface area contributed by atoms with Crippen molar-refractivity contribution < 1.29 is 19.1 Å². The van der Waals surface area contributed by atoms with Gasteiger partial charge in [0.25, 0.3) is 0 Å². The van der Waals surface area contributed by atoms with Crippen LogP contribution in [0.4, 0.5) is 9.59 Å². The van der Waals surface area contributed by atoms with Crippen LogP contribution in [0.5, 0.6) is 0 Å². The summed E-state index contributed by atoms with van der Waals surface area (Å²) in [6.45, 7) is 3.96. The van der Waals surface area contributed by atoms with E-state index in [0.717, 1.165) is 35.1 Å². The Labute approximate surface area is 187 Å². The summed E-state index contributed by atoms with van der Waals surface area (Å²) in [5.74, 6) is 0. The Morgan fingerprint density at radius 3 is 1.81 bits per heavy atom. The molecule has 2 aromatic carbocycles. The Morgan fingerprint density at radius 2 is 1.32 bits per heavy atom. The molecule has 2 amide bonds. The van der Waals surface area contributed by atoms with Crippen LogP contribution < -0.4 is 0 Å². The molecule has 31 heavy (non-hydrogen) atoms. The minimum Gasteiger partial charge on any atom is -0.448 e. The highest BCUT2D eigenvalue weighted by Gasteiger charge is 2.55. The van der Waals surface area contributed by atoms with Crippen molar-refractivity contribution in [2.24, 2.45) is 0 Å². The van der Waals surface area contributed by atoms with Crippen molar-refractivity contribution in [1.82, 2.24) is 10.0 Å². The fourth-order valence-corrected chi connectivity index (χ4v) is 4.65. The van der Waals surface area contributed by atoms with E-state index in [2.05, 4.69) is 0 Å². The number of rotatable bonds is 4. The van der Waals surface area contributed by atoms with Gasteiger partial charge in [-0.3, -0.25) is 0 Å². The molecule has 0 N–H and O–H groups in total. The molecule has 1 heterocycles. The fraction of sp³-hybridized carbons (Fsp3) is 0.333. The Morgan fingerprint density at radius 1 is 0.839 bits per heavy atom. The monoisotopic (exact) mass is 440 g/mol. The van der Waals surface area contributed by atoms with Gasteiger partial charge < -0.3 is 9.47 Å². The molecule has 7 heteroatoms. The summed E-state index contributed by atoms with van der Waals surface area (Å²) in [7, 11) is 0. The van der Waals surface area contributed by atoms with E-state index in [1.54, 1.807) is 13.8 Å². The van der Waals surface area contributed by atoms with Gasteiger partial charge in [0.15, 0.2) is 0 Å². The molecule has 2 fully saturated rings. The summed E-state index contributed by atoms with van der Waals surface area (Å²) in [5.41, 5.74) is 4.03. The number of hydrogen-bond donors (Lipinski definition) is 0. The van der Waals surface area contributed by atoms with Crippen LogP contribution in [0.3, 0.4) is 0 Å². The number of hydrazine groups is 1. The zero-order valence-corrected chi connectivity index (χ0v) is 18.3. The van der Waals surface area contributed by atoms with Crippen molar-refractivity contribution in [3.8, 4) is 0 Å². The number of halogens is 1. The predicted molar refractivity (Wildman–Crippen MR) is 118 cm³/mol. The Balaban J connectivity index is 1.90. The molecule has 0 radical (unpaired) electrons. The molecule has 1 saturated carbocycles.